The summed E-state index contributed by atoms with van der Waals surface area (Å²) < 4.78 is 35.5. The number of aromatic nitrogens is 1. The van der Waals surface area contributed by atoms with E-state index in [9.17, 15) is 8.42 Å². The second-order valence-corrected chi connectivity index (χ2v) is 4.16. The van der Waals surface area contributed by atoms with E-state index >= 15 is 0 Å². The fourth-order valence-corrected chi connectivity index (χ4v) is 1.29. The third kappa shape index (κ3) is 4.13. The van der Waals surface area contributed by atoms with Crippen LogP contribution in [0.15, 0.2) is 18.3 Å². The second-order valence-electron chi connectivity index (χ2n) is 2.77. The lowest BCUT2D eigenvalue weighted by atomic mass is 10.3. The van der Waals surface area contributed by atoms with Gasteiger partial charge in [-0.25, -0.2) is 9.17 Å². The molecule has 0 aromatic carbocycles. The average Bonchev–Trinajstić information content (AvgIpc) is 2.29. The van der Waals surface area contributed by atoms with Gasteiger partial charge in [-0.15, -0.1) is 0 Å². The molecule has 1 heterocycles. The molecule has 7 heteroatoms. The van der Waals surface area contributed by atoms with Crippen LogP contribution in [0, 0.1) is 0 Å². The van der Waals surface area contributed by atoms with E-state index in [0.29, 0.717) is 18.1 Å². The van der Waals surface area contributed by atoms with Crippen molar-refractivity contribution in [3.63, 3.8) is 0 Å². The molecule has 0 amide bonds. The lowest BCUT2D eigenvalue weighted by molar-refractivity contribution is 0.235. The van der Waals surface area contributed by atoms with Gasteiger partial charge < -0.3 is 4.74 Å². The Morgan fingerprint density at radius 1 is 1.38 bits per heavy atom. The van der Waals surface area contributed by atoms with Crippen LogP contribution in [-0.2, 0) is 25.4 Å². The minimum atomic E-state index is -3.90. The first-order chi connectivity index (χ1) is 7.57. The summed E-state index contributed by atoms with van der Waals surface area (Å²) in [6.45, 7) is 2.26. The Balaban J connectivity index is 2.56. The van der Waals surface area contributed by atoms with E-state index in [1.54, 1.807) is 12.1 Å². The molecule has 0 aliphatic heterocycles. The maximum absolute atomic E-state index is 10.9. The molecule has 0 atom stereocenters. The van der Waals surface area contributed by atoms with Crippen LogP contribution >= 0.6 is 0 Å². The highest BCUT2D eigenvalue weighted by Crippen LogP contribution is 2.09. The van der Waals surface area contributed by atoms with Crippen LogP contribution < -0.4 is 4.74 Å². The Morgan fingerprint density at radius 3 is 2.62 bits per heavy atom. The summed E-state index contributed by atoms with van der Waals surface area (Å²) >= 11 is 0. The number of hydrogen-bond acceptors (Lipinski definition) is 6. The molecule has 0 bridgehead atoms. The molecule has 6 nitrogen and oxygen atoms in total. The van der Waals surface area contributed by atoms with Crippen LogP contribution in [0.25, 0.3) is 0 Å². The molecule has 1 aromatic rings. The Bertz CT molecular complexity index is 414. The Labute approximate surface area is 94.5 Å². The predicted molar refractivity (Wildman–Crippen MR) is 56.1 cm³/mol. The SMILES string of the molecule is CCOc1ccc(COS(=O)(=O)OC)cn1. The monoisotopic (exact) mass is 247 g/mol. The van der Waals surface area contributed by atoms with Gasteiger partial charge in [0, 0.05) is 12.3 Å². The number of hydrogen-bond donors (Lipinski definition) is 0. The van der Waals surface area contributed by atoms with Gasteiger partial charge in [0.25, 0.3) is 0 Å². The molecule has 0 spiro atoms. The smallest absolute Gasteiger partial charge is 0.399 e. The van der Waals surface area contributed by atoms with Crippen LogP contribution in [0.3, 0.4) is 0 Å². The van der Waals surface area contributed by atoms with Gasteiger partial charge in [-0.3, -0.25) is 4.18 Å². The van der Waals surface area contributed by atoms with Crippen molar-refractivity contribution >= 4 is 10.4 Å². The summed E-state index contributed by atoms with van der Waals surface area (Å²) in [6, 6.07) is 3.31. The molecule has 0 saturated heterocycles. The van der Waals surface area contributed by atoms with Crippen molar-refractivity contribution in [3.05, 3.63) is 23.9 Å². The zero-order valence-electron chi connectivity index (χ0n) is 9.04. The van der Waals surface area contributed by atoms with Gasteiger partial charge in [0.1, 0.15) is 0 Å². The summed E-state index contributed by atoms with van der Waals surface area (Å²) in [7, 11) is -2.86. The first-order valence-electron chi connectivity index (χ1n) is 4.60. The largest absolute Gasteiger partial charge is 0.478 e. The van der Waals surface area contributed by atoms with Gasteiger partial charge in [-0.2, -0.15) is 8.42 Å². The highest BCUT2D eigenvalue weighted by atomic mass is 32.3. The normalized spacial score (nSPS) is 11.4. The molecule has 0 aliphatic carbocycles. The van der Waals surface area contributed by atoms with E-state index in [1.165, 1.54) is 6.20 Å². The van der Waals surface area contributed by atoms with Gasteiger partial charge in [0.05, 0.1) is 20.3 Å². The fraction of sp³-hybridized carbons (Fsp3) is 0.444. The summed E-state index contributed by atoms with van der Waals surface area (Å²) in [5, 5.41) is 0. The molecule has 16 heavy (non-hydrogen) atoms. The lowest BCUT2D eigenvalue weighted by Crippen LogP contribution is -2.07. The Kier molecular flexibility index (Phi) is 4.66. The minimum Gasteiger partial charge on any atom is -0.478 e. The van der Waals surface area contributed by atoms with E-state index in [0.717, 1.165) is 7.11 Å². The van der Waals surface area contributed by atoms with Crippen LogP contribution in [0.1, 0.15) is 12.5 Å². The van der Waals surface area contributed by atoms with Crippen molar-refractivity contribution in [2.75, 3.05) is 13.7 Å². The number of pyridine rings is 1. The first-order valence-corrected chi connectivity index (χ1v) is 5.93. The average molecular weight is 247 g/mol. The van der Waals surface area contributed by atoms with Gasteiger partial charge in [0.2, 0.25) is 5.88 Å². The summed E-state index contributed by atoms with van der Waals surface area (Å²) in [5.74, 6) is 0.487. The Hall–Kier alpha value is -1.18. The summed E-state index contributed by atoms with van der Waals surface area (Å²) in [5.41, 5.74) is 0.615. The van der Waals surface area contributed by atoms with Crippen LogP contribution in [0.4, 0.5) is 0 Å². The van der Waals surface area contributed by atoms with E-state index < -0.39 is 10.4 Å². The molecule has 1 aromatic heterocycles. The van der Waals surface area contributed by atoms with E-state index in [4.69, 9.17) is 4.74 Å². The number of ether oxygens (including phenoxy) is 1. The molecule has 0 fully saturated rings. The molecular weight excluding hydrogens is 234 g/mol. The molecule has 90 valence electrons. The lowest BCUT2D eigenvalue weighted by Gasteiger charge is -2.04. The summed E-state index contributed by atoms with van der Waals surface area (Å²) in [4.78, 5) is 3.96. The first kappa shape index (κ1) is 12.9. The predicted octanol–water partition coefficient (Wildman–Crippen LogP) is 0.888. The van der Waals surface area contributed by atoms with E-state index in [1.807, 2.05) is 6.92 Å². The van der Waals surface area contributed by atoms with Gasteiger partial charge >= 0.3 is 10.4 Å². The third-order valence-electron chi connectivity index (χ3n) is 1.66. The third-order valence-corrected chi connectivity index (χ3v) is 2.48. The van der Waals surface area contributed by atoms with Crippen LogP contribution in [-0.4, -0.2) is 27.1 Å². The standard InChI is InChI=1S/C9H13NO5S/c1-3-14-9-5-4-8(6-10-9)7-15-16(11,12)13-2/h4-6H,3,7H2,1-2H3. The zero-order chi connectivity index (χ0) is 12.0. The van der Waals surface area contributed by atoms with Crippen molar-refractivity contribution in [3.8, 4) is 5.88 Å². The van der Waals surface area contributed by atoms with Gasteiger partial charge in [0.15, 0.2) is 0 Å². The summed E-state index contributed by atoms with van der Waals surface area (Å²) in [6.07, 6.45) is 1.48. The van der Waals surface area contributed by atoms with Crippen molar-refractivity contribution < 1.29 is 21.5 Å². The minimum absolute atomic E-state index is 0.115. The van der Waals surface area contributed by atoms with Crippen LogP contribution in [0.5, 0.6) is 5.88 Å². The van der Waals surface area contributed by atoms with Gasteiger partial charge in [-0.1, -0.05) is 0 Å². The second kappa shape index (κ2) is 5.78. The molecule has 1 rings (SSSR count). The quantitative estimate of drug-likeness (QED) is 0.743. The van der Waals surface area contributed by atoms with E-state index in [2.05, 4.69) is 13.4 Å². The molecule has 0 unspecified atom stereocenters. The van der Waals surface area contributed by atoms with Crippen molar-refractivity contribution in [1.29, 1.82) is 0 Å². The van der Waals surface area contributed by atoms with Crippen molar-refractivity contribution in [2.24, 2.45) is 0 Å². The maximum atomic E-state index is 10.9. The molecule has 0 radical (unpaired) electrons. The number of nitrogens with zero attached hydrogens (tertiary/aromatic N) is 1. The number of rotatable bonds is 6. The molecular formula is C9H13NO5S. The highest BCUT2D eigenvalue weighted by Gasteiger charge is 2.09. The van der Waals surface area contributed by atoms with Crippen LogP contribution in [0.2, 0.25) is 0 Å². The molecule has 0 saturated carbocycles. The maximum Gasteiger partial charge on any atom is 0.399 e. The Morgan fingerprint density at radius 2 is 2.12 bits per heavy atom. The van der Waals surface area contributed by atoms with E-state index in [-0.39, 0.29) is 6.61 Å². The topological polar surface area (TPSA) is 74.7 Å². The fourth-order valence-electron chi connectivity index (χ4n) is 0.918. The zero-order valence-corrected chi connectivity index (χ0v) is 9.86. The molecule has 0 N–H and O–H groups in total. The van der Waals surface area contributed by atoms with Crippen molar-refractivity contribution in [1.82, 2.24) is 4.98 Å². The molecule has 0 aliphatic rings. The highest BCUT2D eigenvalue weighted by molar-refractivity contribution is 7.81. The van der Waals surface area contributed by atoms with Crippen molar-refractivity contribution in [2.45, 2.75) is 13.5 Å². The van der Waals surface area contributed by atoms with Gasteiger partial charge in [-0.05, 0) is 18.6 Å².